The molecule has 1 aromatic carbocycles. The van der Waals surface area contributed by atoms with Gasteiger partial charge in [-0.05, 0) is 11.1 Å². The first kappa shape index (κ1) is 18.3. The molecule has 0 N–H and O–H groups in total. The summed E-state index contributed by atoms with van der Waals surface area (Å²) in [5.74, 6) is -1.71. The van der Waals surface area contributed by atoms with Crippen LogP contribution in [0.1, 0.15) is 12.0 Å². The Morgan fingerprint density at radius 2 is 1.76 bits per heavy atom. The summed E-state index contributed by atoms with van der Waals surface area (Å²) in [6.45, 7) is 1.35. The Morgan fingerprint density at radius 3 is 2.40 bits per heavy atom. The summed E-state index contributed by atoms with van der Waals surface area (Å²) in [7, 11) is 0. The van der Waals surface area contributed by atoms with Gasteiger partial charge >= 0.3 is 17.8 Å². The van der Waals surface area contributed by atoms with Gasteiger partial charge in [0.1, 0.15) is 6.61 Å². The Labute approximate surface area is 144 Å². The van der Waals surface area contributed by atoms with E-state index >= 15 is 0 Å². The predicted molar refractivity (Wildman–Crippen MR) is 88.0 cm³/mol. The Balaban J connectivity index is 1.74. The molecule has 1 saturated heterocycles. The summed E-state index contributed by atoms with van der Waals surface area (Å²) in [5, 5.41) is 3.35. The molecule has 9 nitrogen and oxygen atoms in total. The molecule has 1 aliphatic heterocycles. The zero-order valence-electron chi connectivity index (χ0n) is 13.7. The summed E-state index contributed by atoms with van der Waals surface area (Å²) in [6.07, 6.45) is 0.0323. The van der Waals surface area contributed by atoms with Crippen LogP contribution in [0.3, 0.4) is 0 Å². The fourth-order valence-corrected chi connectivity index (χ4v) is 2.39. The maximum absolute atomic E-state index is 12.0. The molecule has 1 heterocycles. The van der Waals surface area contributed by atoms with E-state index in [4.69, 9.17) is 10.3 Å². The van der Waals surface area contributed by atoms with Crippen molar-refractivity contribution in [3.05, 3.63) is 46.3 Å². The number of benzene rings is 1. The molecule has 0 radical (unpaired) electrons. The van der Waals surface area contributed by atoms with Gasteiger partial charge in [-0.3, -0.25) is 14.4 Å². The van der Waals surface area contributed by atoms with Crippen molar-refractivity contribution in [1.82, 2.24) is 9.80 Å². The molecule has 0 bridgehead atoms. The van der Waals surface area contributed by atoms with E-state index in [0.717, 1.165) is 5.56 Å². The lowest BCUT2D eigenvalue weighted by Crippen LogP contribution is -2.55. The average Bonchev–Trinajstić information content (AvgIpc) is 2.64. The lowest BCUT2D eigenvalue weighted by molar-refractivity contribution is -0.157. The first-order chi connectivity index (χ1) is 12.1. The van der Waals surface area contributed by atoms with Crippen LogP contribution in [0.25, 0.3) is 10.4 Å². The van der Waals surface area contributed by atoms with Crippen molar-refractivity contribution in [1.29, 1.82) is 0 Å². The van der Waals surface area contributed by atoms with Crippen LogP contribution in [-0.4, -0.2) is 60.3 Å². The molecule has 1 fully saturated rings. The van der Waals surface area contributed by atoms with Crippen molar-refractivity contribution < 1.29 is 19.1 Å². The largest absolute Gasteiger partial charge is 0.461 e. The van der Waals surface area contributed by atoms with Crippen LogP contribution in [0, 0.1) is 0 Å². The minimum absolute atomic E-state index is 0.0323. The quantitative estimate of drug-likeness (QED) is 0.231. The van der Waals surface area contributed by atoms with E-state index in [2.05, 4.69) is 10.0 Å². The SMILES string of the molecule is [N-]=[N+]=NCCN1CCN(CCC(=O)OCc2ccccc2)C(=O)C1=O. The first-order valence-electron chi connectivity index (χ1n) is 7.90. The molecule has 0 aromatic heterocycles. The predicted octanol–water partition coefficient (Wildman–Crippen LogP) is 1.10. The highest BCUT2D eigenvalue weighted by Crippen LogP contribution is 2.07. The zero-order valence-corrected chi connectivity index (χ0v) is 13.7. The van der Waals surface area contributed by atoms with Crippen molar-refractivity contribution in [2.45, 2.75) is 13.0 Å². The third-order valence-electron chi connectivity index (χ3n) is 3.76. The van der Waals surface area contributed by atoms with Gasteiger partial charge in [0.25, 0.3) is 0 Å². The number of amides is 2. The van der Waals surface area contributed by atoms with Crippen LogP contribution in [0.2, 0.25) is 0 Å². The topological polar surface area (TPSA) is 116 Å². The summed E-state index contributed by atoms with van der Waals surface area (Å²) >= 11 is 0. The van der Waals surface area contributed by atoms with E-state index < -0.39 is 17.8 Å². The molecule has 0 atom stereocenters. The number of azide groups is 1. The van der Waals surface area contributed by atoms with Gasteiger partial charge in [-0.15, -0.1) is 0 Å². The minimum atomic E-state index is -0.650. The van der Waals surface area contributed by atoms with Crippen molar-refractivity contribution in [2.24, 2.45) is 5.11 Å². The average molecular weight is 345 g/mol. The number of hydrogen-bond acceptors (Lipinski definition) is 5. The number of carbonyl (C=O) groups is 3. The lowest BCUT2D eigenvalue weighted by Gasteiger charge is -2.33. The van der Waals surface area contributed by atoms with Gasteiger partial charge in [-0.25, -0.2) is 0 Å². The maximum atomic E-state index is 12.0. The van der Waals surface area contributed by atoms with Gasteiger partial charge in [0, 0.05) is 37.6 Å². The van der Waals surface area contributed by atoms with E-state index in [1.54, 1.807) is 0 Å². The number of carbonyl (C=O) groups excluding carboxylic acids is 3. The summed E-state index contributed by atoms with van der Waals surface area (Å²) < 4.78 is 5.15. The van der Waals surface area contributed by atoms with E-state index in [9.17, 15) is 14.4 Å². The molecule has 9 heteroatoms. The molecule has 2 amide bonds. The van der Waals surface area contributed by atoms with Crippen molar-refractivity contribution in [3.8, 4) is 0 Å². The standard InChI is InChI=1S/C16H19N5O4/c17-19-18-7-9-21-11-10-20(15(23)16(21)24)8-6-14(22)25-12-13-4-2-1-3-5-13/h1-5H,6-12H2. The Bertz CT molecular complexity index is 672. The second-order valence-electron chi connectivity index (χ2n) is 5.44. The number of hydrogen-bond donors (Lipinski definition) is 0. The summed E-state index contributed by atoms with van der Waals surface area (Å²) in [5.41, 5.74) is 9.12. The fourth-order valence-electron chi connectivity index (χ4n) is 2.39. The van der Waals surface area contributed by atoms with Crippen LogP contribution in [0.5, 0.6) is 0 Å². The summed E-state index contributed by atoms with van der Waals surface area (Å²) in [6, 6.07) is 9.29. The smallest absolute Gasteiger partial charge is 0.312 e. The number of nitrogens with zero attached hydrogens (tertiary/aromatic N) is 5. The molecule has 0 aliphatic carbocycles. The Hall–Kier alpha value is -3.06. The highest BCUT2D eigenvalue weighted by atomic mass is 16.5. The molecule has 0 spiro atoms. The first-order valence-corrected chi connectivity index (χ1v) is 7.90. The van der Waals surface area contributed by atoms with E-state index in [1.807, 2.05) is 30.3 Å². The molecule has 132 valence electrons. The molecule has 1 aromatic rings. The minimum Gasteiger partial charge on any atom is -0.461 e. The fraction of sp³-hybridized carbons (Fsp3) is 0.438. The summed E-state index contributed by atoms with van der Waals surface area (Å²) in [4.78, 5) is 41.1. The second kappa shape index (κ2) is 9.29. The number of ether oxygens (including phenoxy) is 1. The molecule has 1 aliphatic rings. The van der Waals surface area contributed by atoms with Gasteiger partial charge in [-0.2, -0.15) is 0 Å². The van der Waals surface area contributed by atoms with Crippen molar-refractivity contribution in [2.75, 3.05) is 32.7 Å². The molecular formula is C16H19N5O4. The third-order valence-corrected chi connectivity index (χ3v) is 3.76. The van der Waals surface area contributed by atoms with E-state index in [-0.39, 0.29) is 32.7 Å². The third kappa shape index (κ3) is 5.50. The highest BCUT2D eigenvalue weighted by molar-refractivity contribution is 6.35. The lowest BCUT2D eigenvalue weighted by atomic mass is 10.2. The van der Waals surface area contributed by atoms with Gasteiger partial charge in [0.05, 0.1) is 6.42 Å². The molecule has 25 heavy (non-hydrogen) atoms. The number of piperazine rings is 1. The Morgan fingerprint density at radius 1 is 1.12 bits per heavy atom. The maximum Gasteiger partial charge on any atom is 0.312 e. The van der Waals surface area contributed by atoms with Gasteiger partial charge in [-0.1, -0.05) is 35.4 Å². The van der Waals surface area contributed by atoms with Gasteiger partial charge in [0.2, 0.25) is 0 Å². The normalized spacial score (nSPS) is 14.2. The molecule has 0 saturated carbocycles. The molecule has 0 unspecified atom stereocenters. The van der Waals surface area contributed by atoms with Crippen LogP contribution in [-0.2, 0) is 25.7 Å². The van der Waals surface area contributed by atoms with Crippen LogP contribution in [0.4, 0.5) is 0 Å². The number of rotatable bonds is 8. The van der Waals surface area contributed by atoms with Crippen LogP contribution >= 0.6 is 0 Å². The Kier molecular flexibility index (Phi) is 6.79. The molecule has 2 rings (SSSR count). The molecular weight excluding hydrogens is 326 g/mol. The van der Waals surface area contributed by atoms with Crippen LogP contribution in [0.15, 0.2) is 35.4 Å². The van der Waals surface area contributed by atoms with Gasteiger partial charge in [0.15, 0.2) is 0 Å². The van der Waals surface area contributed by atoms with Crippen LogP contribution < -0.4 is 0 Å². The van der Waals surface area contributed by atoms with E-state index in [0.29, 0.717) is 13.1 Å². The van der Waals surface area contributed by atoms with Crippen molar-refractivity contribution in [3.63, 3.8) is 0 Å². The monoisotopic (exact) mass is 345 g/mol. The second-order valence-corrected chi connectivity index (χ2v) is 5.44. The van der Waals surface area contributed by atoms with Crippen molar-refractivity contribution >= 4 is 17.8 Å². The highest BCUT2D eigenvalue weighted by Gasteiger charge is 2.32. The number of esters is 1. The van der Waals surface area contributed by atoms with Gasteiger partial charge < -0.3 is 14.5 Å². The van der Waals surface area contributed by atoms with E-state index in [1.165, 1.54) is 9.80 Å². The zero-order chi connectivity index (χ0) is 18.1.